The highest BCUT2D eigenvalue weighted by atomic mass is 16.5. The number of aromatic nitrogens is 2. The van der Waals surface area contributed by atoms with Gasteiger partial charge in [0.1, 0.15) is 5.75 Å². The fourth-order valence-electron chi connectivity index (χ4n) is 6.54. The van der Waals surface area contributed by atoms with Gasteiger partial charge in [0.25, 0.3) is 0 Å². The lowest BCUT2D eigenvalue weighted by Crippen LogP contribution is -2.03. The van der Waals surface area contributed by atoms with E-state index in [1.807, 2.05) is 24.3 Å². The molecule has 0 fully saturated rings. The highest BCUT2D eigenvalue weighted by Crippen LogP contribution is 2.45. The van der Waals surface area contributed by atoms with E-state index in [2.05, 4.69) is 123 Å². The van der Waals surface area contributed by atoms with Crippen LogP contribution in [0.2, 0.25) is 0 Å². The number of para-hydroxylation sites is 6. The van der Waals surface area contributed by atoms with E-state index in [1.54, 1.807) is 7.11 Å². The van der Waals surface area contributed by atoms with Crippen LogP contribution < -0.4 is 4.74 Å². The molecule has 8 rings (SSSR count). The van der Waals surface area contributed by atoms with Gasteiger partial charge in [0.2, 0.25) is 5.69 Å². The predicted octanol–water partition coefficient (Wildman–Crippen LogP) is 10.1. The third-order valence-corrected chi connectivity index (χ3v) is 8.25. The van der Waals surface area contributed by atoms with E-state index in [4.69, 9.17) is 11.3 Å². The summed E-state index contributed by atoms with van der Waals surface area (Å²) in [6, 6.07) is 46.1. The van der Waals surface area contributed by atoms with Gasteiger partial charge in [-0.1, -0.05) is 103 Å². The second-order valence-electron chi connectivity index (χ2n) is 10.4. The second-order valence-corrected chi connectivity index (χ2v) is 10.4. The molecule has 0 N–H and O–H groups in total. The average molecular weight is 540 g/mol. The van der Waals surface area contributed by atoms with Crippen molar-refractivity contribution in [3.05, 3.63) is 145 Å². The van der Waals surface area contributed by atoms with Crippen LogP contribution in [0.3, 0.4) is 0 Å². The molecule has 0 aliphatic carbocycles. The second kappa shape index (κ2) is 9.40. The van der Waals surface area contributed by atoms with E-state index in [0.717, 1.165) is 61.1 Å². The van der Waals surface area contributed by atoms with Crippen molar-refractivity contribution in [2.24, 2.45) is 0 Å². The first kappa shape index (κ1) is 24.0. The van der Waals surface area contributed by atoms with Crippen LogP contribution in [0, 0.1) is 6.57 Å². The quantitative estimate of drug-likeness (QED) is 0.204. The maximum atomic E-state index is 8.23. The first-order valence-corrected chi connectivity index (χ1v) is 13.9. The Morgan fingerprint density at radius 1 is 0.476 bits per heavy atom. The molecular weight excluding hydrogens is 514 g/mol. The smallest absolute Gasteiger partial charge is 0.211 e. The topological polar surface area (TPSA) is 23.4 Å². The predicted molar refractivity (Wildman–Crippen MR) is 173 cm³/mol. The van der Waals surface area contributed by atoms with Gasteiger partial charge < -0.3 is 13.9 Å². The van der Waals surface area contributed by atoms with Crippen molar-refractivity contribution in [1.82, 2.24) is 9.13 Å². The maximum Gasteiger partial charge on any atom is 0.211 e. The number of nitrogens with zero attached hydrogens (tertiary/aromatic N) is 3. The van der Waals surface area contributed by atoms with Gasteiger partial charge in [-0.2, -0.15) is 0 Å². The Labute approximate surface area is 243 Å². The fraction of sp³-hybridized carbons (Fsp3) is 0.0263. The van der Waals surface area contributed by atoms with Crippen LogP contribution in [0.25, 0.3) is 71.0 Å². The molecule has 2 aromatic heterocycles. The molecule has 0 amide bonds. The summed E-state index contributed by atoms with van der Waals surface area (Å²) in [4.78, 5) is 4.05. The van der Waals surface area contributed by atoms with Gasteiger partial charge in [-0.05, 0) is 35.9 Å². The molecule has 0 aliphatic rings. The maximum absolute atomic E-state index is 8.23. The monoisotopic (exact) mass is 539 g/mol. The van der Waals surface area contributed by atoms with Crippen LogP contribution in [0.15, 0.2) is 133 Å². The lowest BCUT2D eigenvalue weighted by molar-refractivity contribution is 0.413. The van der Waals surface area contributed by atoms with Crippen molar-refractivity contribution in [3.8, 4) is 28.3 Å². The minimum Gasteiger partial charge on any atom is -0.495 e. The summed E-state index contributed by atoms with van der Waals surface area (Å²) in [5.74, 6) is 0.764. The van der Waals surface area contributed by atoms with Crippen LogP contribution >= 0.6 is 0 Å². The number of benzene rings is 6. The Morgan fingerprint density at radius 2 is 0.881 bits per heavy atom. The molecule has 4 heteroatoms. The van der Waals surface area contributed by atoms with Gasteiger partial charge in [-0.3, -0.25) is 0 Å². The van der Waals surface area contributed by atoms with E-state index in [9.17, 15) is 0 Å². The Balaban J connectivity index is 1.54. The SMILES string of the molecule is [C-]#[N+]c1cccc(-c2cccc(OC)c2-n2c3ccccc3c3ccccc32)c1-n1c2ccccc2c2ccccc21. The Kier molecular flexibility index (Phi) is 5.38. The van der Waals surface area contributed by atoms with E-state index in [1.165, 1.54) is 10.8 Å². The molecule has 2 heterocycles. The number of rotatable bonds is 4. The Hall–Kier alpha value is -5.79. The van der Waals surface area contributed by atoms with Crippen molar-refractivity contribution in [1.29, 1.82) is 0 Å². The minimum absolute atomic E-state index is 0.593. The van der Waals surface area contributed by atoms with E-state index >= 15 is 0 Å². The van der Waals surface area contributed by atoms with Gasteiger partial charge >= 0.3 is 0 Å². The summed E-state index contributed by atoms with van der Waals surface area (Å²) in [5.41, 5.74) is 8.69. The molecule has 198 valence electrons. The summed E-state index contributed by atoms with van der Waals surface area (Å²) in [6.45, 7) is 8.23. The summed E-state index contributed by atoms with van der Waals surface area (Å²) < 4.78 is 10.6. The largest absolute Gasteiger partial charge is 0.495 e. The van der Waals surface area contributed by atoms with Crippen LogP contribution in [-0.2, 0) is 0 Å². The zero-order chi connectivity index (χ0) is 28.2. The lowest BCUT2D eigenvalue weighted by Gasteiger charge is -2.21. The zero-order valence-electron chi connectivity index (χ0n) is 23.0. The standard InChI is InChI=1S/C38H25N3O/c1-39-31-19-11-17-29(37(31)40-32-20-7-3-13-25(32)26-14-4-8-21-33(26)40)30-18-12-24-36(42-2)38(30)41-34-22-9-5-15-27(34)28-16-6-10-23-35(28)41/h3-24H,2H3. The summed E-state index contributed by atoms with van der Waals surface area (Å²) in [7, 11) is 1.72. The number of methoxy groups -OCH3 is 1. The van der Waals surface area contributed by atoms with E-state index in [0.29, 0.717) is 5.69 Å². The van der Waals surface area contributed by atoms with Crippen molar-refractivity contribution >= 4 is 49.3 Å². The van der Waals surface area contributed by atoms with Crippen LogP contribution in [-0.4, -0.2) is 16.2 Å². The molecule has 6 aromatic carbocycles. The van der Waals surface area contributed by atoms with Gasteiger partial charge in [0.05, 0.1) is 47.1 Å². The Morgan fingerprint density at radius 3 is 1.33 bits per heavy atom. The van der Waals surface area contributed by atoms with Crippen LogP contribution in [0.5, 0.6) is 5.75 Å². The molecule has 0 aliphatic heterocycles. The van der Waals surface area contributed by atoms with Gasteiger partial charge in [0.15, 0.2) is 0 Å². The fourth-order valence-corrected chi connectivity index (χ4v) is 6.54. The first-order valence-electron chi connectivity index (χ1n) is 13.9. The van der Waals surface area contributed by atoms with Crippen LogP contribution in [0.4, 0.5) is 5.69 Å². The molecule has 0 bridgehead atoms. The summed E-state index contributed by atoms with van der Waals surface area (Å²) in [6.07, 6.45) is 0. The number of hydrogen-bond acceptors (Lipinski definition) is 1. The van der Waals surface area contributed by atoms with E-state index in [-0.39, 0.29) is 0 Å². The highest BCUT2D eigenvalue weighted by Gasteiger charge is 2.23. The van der Waals surface area contributed by atoms with Crippen molar-refractivity contribution < 1.29 is 4.74 Å². The number of fused-ring (bicyclic) bond motifs is 6. The highest BCUT2D eigenvalue weighted by molar-refractivity contribution is 6.12. The molecule has 8 aromatic rings. The summed E-state index contributed by atoms with van der Waals surface area (Å²) >= 11 is 0. The molecule has 0 atom stereocenters. The summed E-state index contributed by atoms with van der Waals surface area (Å²) in [5, 5.41) is 4.68. The molecular formula is C38H25N3O. The molecule has 0 unspecified atom stereocenters. The molecule has 42 heavy (non-hydrogen) atoms. The lowest BCUT2D eigenvalue weighted by atomic mass is 9.99. The van der Waals surface area contributed by atoms with Gasteiger partial charge in [-0.25, -0.2) is 4.85 Å². The first-order chi connectivity index (χ1) is 20.8. The van der Waals surface area contributed by atoms with E-state index < -0.39 is 0 Å². The molecule has 0 saturated heterocycles. The third kappa shape index (κ3) is 3.34. The number of ether oxygens (including phenoxy) is 1. The molecule has 0 radical (unpaired) electrons. The van der Waals surface area contributed by atoms with Crippen molar-refractivity contribution in [2.75, 3.05) is 7.11 Å². The van der Waals surface area contributed by atoms with Gasteiger partial charge in [0, 0.05) is 27.1 Å². The van der Waals surface area contributed by atoms with Crippen molar-refractivity contribution in [3.63, 3.8) is 0 Å². The van der Waals surface area contributed by atoms with Gasteiger partial charge in [-0.15, -0.1) is 0 Å². The molecule has 4 nitrogen and oxygen atoms in total. The number of hydrogen-bond donors (Lipinski definition) is 0. The minimum atomic E-state index is 0.593. The normalized spacial score (nSPS) is 11.4. The third-order valence-electron chi connectivity index (χ3n) is 8.25. The van der Waals surface area contributed by atoms with Crippen molar-refractivity contribution in [2.45, 2.75) is 0 Å². The Bertz CT molecular complexity index is 2260. The zero-order valence-corrected chi connectivity index (χ0v) is 23.0. The molecule has 0 saturated carbocycles. The molecule has 0 spiro atoms. The van der Waals surface area contributed by atoms with Crippen LogP contribution in [0.1, 0.15) is 0 Å². The average Bonchev–Trinajstić information content (AvgIpc) is 3.57.